The third kappa shape index (κ3) is 3.29. The van der Waals surface area contributed by atoms with E-state index in [-0.39, 0.29) is 6.10 Å². The van der Waals surface area contributed by atoms with Gasteiger partial charge in [-0.1, -0.05) is 30.3 Å². The van der Waals surface area contributed by atoms with Gasteiger partial charge < -0.3 is 9.84 Å². The molecule has 1 aromatic carbocycles. The second kappa shape index (κ2) is 5.31. The summed E-state index contributed by atoms with van der Waals surface area (Å²) in [4.78, 5) is 0. The highest BCUT2D eigenvalue weighted by molar-refractivity contribution is 5.13. The van der Waals surface area contributed by atoms with E-state index in [1.54, 1.807) is 0 Å². The van der Waals surface area contributed by atoms with Crippen molar-refractivity contribution in [1.82, 2.24) is 0 Å². The maximum absolute atomic E-state index is 9.77. The average molecular weight is 231 g/mol. The number of hydrogen-bond donors (Lipinski definition) is 1. The predicted octanol–water partition coefficient (Wildman–Crippen LogP) is 2.40. The Labute approximate surface area is 102 Å². The quantitative estimate of drug-likeness (QED) is 0.813. The molecule has 0 saturated heterocycles. The molecule has 0 amide bonds. The first-order chi connectivity index (χ1) is 8.22. The zero-order valence-corrected chi connectivity index (χ0v) is 9.80. The van der Waals surface area contributed by atoms with Crippen LogP contribution in [0.3, 0.4) is 0 Å². The van der Waals surface area contributed by atoms with E-state index in [1.807, 2.05) is 36.4 Å². The summed E-state index contributed by atoms with van der Waals surface area (Å²) in [6.45, 7) is 0.608. The summed E-state index contributed by atoms with van der Waals surface area (Å²) >= 11 is 0. The maximum Gasteiger partial charge on any atom is 0.151 e. The first kappa shape index (κ1) is 12.1. The van der Waals surface area contributed by atoms with Crippen LogP contribution in [0.1, 0.15) is 31.2 Å². The fraction of sp³-hybridized carbons (Fsp3) is 0.500. The standard InChI is InChI=1S/C14H17NO2/c15-11-14(16)8-6-13(7-9-14)17-10-12-4-2-1-3-5-12/h1-5,13,16H,6-10H2. The van der Waals surface area contributed by atoms with E-state index in [0.717, 1.165) is 18.4 Å². The molecular weight excluding hydrogens is 214 g/mol. The zero-order valence-electron chi connectivity index (χ0n) is 9.80. The molecule has 90 valence electrons. The molecule has 17 heavy (non-hydrogen) atoms. The minimum Gasteiger partial charge on any atom is -0.375 e. The normalized spacial score (nSPS) is 28.6. The van der Waals surface area contributed by atoms with Crippen molar-refractivity contribution >= 4 is 0 Å². The van der Waals surface area contributed by atoms with Crippen LogP contribution < -0.4 is 0 Å². The van der Waals surface area contributed by atoms with E-state index in [9.17, 15) is 5.11 Å². The molecule has 1 fully saturated rings. The number of hydrogen-bond acceptors (Lipinski definition) is 3. The average Bonchev–Trinajstić information content (AvgIpc) is 2.39. The van der Waals surface area contributed by atoms with E-state index >= 15 is 0 Å². The van der Waals surface area contributed by atoms with Gasteiger partial charge in [0.25, 0.3) is 0 Å². The predicted molar refractivity (Wildman–Crippen MR) is 64.0 cm³/mol. The monoisotopic (exact) mass is 231 g/mol. The molecule has 1 N–H and O–H groups in total. The second-order valence-corrected chi connectivity index (χ2v) is 4.64. The third-order valence-corrected chi connectivity index (χ3v) is 3.30. The smallest absolute Gasteiger partial charge is 0.151 e. The third-order valence-electron chi connectivity index (χ3n) is 3.30. The Morgan fingerprint density at radius 3 is 2.53 bits per heavy atom. The highest BCUT2D eigenvalue weighted by Gasteiger charge is 2.33. The van der Waals surface area contributed by atoms with Crippen molar-refractivity contribution in [3.63, 3.8) is 0 Å². The van der Waals surface area contributed by atoms with Gasteiger partial charge in [-0.05, 0) is 31.2 Å². The molecule has 3 heteroatoms. The number of rotatable bonds is 3. The van der Waals surface area contributed by atoms with E-state index in [2.05, 4.69) is 0 Å². The molecule has 0 spiro atoms. The fourth-order valence-corrected chi connectivity index (χ4v) is 2.14. The molecule has 0 aliphatic heterocycles. The fourth-order valence-electron chi connectivity index (χ4n) is 2.14. The number of nitrogens with zero attached hydrogens (tertiary/aromatic N) is 1. The summed E-state index contributed by atoms with van der Waals surface area (Å²) in [6.07, 6.45) is 2.73. The molecule has 1 saturated carbocycles. The molecule has 1 aliphatic rings. The van der Waals surface area contributed by atoms with Crippen molar-refractivity contribution < 1.29 is 9.84 Å². The van der Waals surface area contributed by atoms with Gasteiger partial charge in [0, 0.05) is 0 Å². The Balaban J connectivity index is 1.78. The second-order valence-electron chi connectivity index (χ2n) is 4.64. The lowest BCUT2D eigenvalue weighted by atomic mass is 9.84. The van der Waals surface area contributed by atoms with Crippen LogP contribution in [0.15, 0.2) is 30.3 Å². The number of benzene rings is 1. The summed E-state index contributed by atoms with van der Waals surface area (Å²) in [5.74, 6) is 0. The van der Waals surface area contributed by atoms with Gasteiger partial charge in [-0.3, -0.25) is 0 Å². The molecule has 3 nitrogen and oxygen atoms in total. The van der Waals surface area contributed by atoms with Crippen LogP contribution in [0, 0.1) is 11.3 Å². The largest absolute Gasteiger partial charge is 0.375 e. The highest BCUT2D eigenvalue weighted by Crippen LogP contribution is 2.29. The van der Waals surface area contributed by atoms with Gasteiger partial charge in [-0.15, -0.1) is 0 Å². The highest BCUT2D eigenvalue weighted by atomic mass is 16.5. The summed E-state index contributed by atoms with van der Waals surface area (Å²) < 4.78 is 5.79. The minimum atomic E-state index is -1.12. The minimum absolute atomic E-state index is 0.170. The number of nitriles is 1. The van der Waals surface area contributed by atoms with Gasteiger partial charge in [-0.2, -0.15) is 5.26 Å². The molecule has 0 heterocycles. The van der Waals surface area contributed by atoms with Gasteiger partial charge in [-0.25, -0.2) is 0 Å². The molecule has 0 aromatic heterocycles. The molecule has 1 aromatic rings. The molecule has 0 unspecified atom stereocenters. The van der Waals surface area contributed by atoms with E-state index in [4.69, 9.17) is 10.00 Å². The molecule has 0 atom stereocenters. The molecule has 0 bridgehead atoms. The lowest BCUT2D eigenvalue weighted by molar-refractivity contribution is -0.0348. The van der Waals surface area contributed by atoms with Gasteiger partial charge in [0.2, 0.25) is 0 Å². The number of aliphatic hydroxyl groups is 1. The summed E-state index contributed by atoms with van der Waals surface area (Å²) in [7, 11) is 0. The van der Waals surface area contributed by atoms with Crippen molar-refractivity contribution in [2.75, 3.05) is 0 Å². The lowest BCUT2D eigenvalue weighted by Gasteiger charge is -2.30. The first-order valence-electron chi connectivity index (χ1n) is 6.01. The zero-order chi connectivity index (χ0) is 12.1. The van der Waals surface area contributed by atoms with Crippen LogP contribution in [-0.4, -0.2) is 16.8 Å². The number of ether oxygens (including phenoxy) is 1. The molecule has 0 radical (unpaired) electrons. The Bertz CT molecular complexity index is 388. The van der Waals surface area contributed by atoms with Gasteiger partial charge in [0.1, 0.15) is 0 Å². The van der Waals surface area contributed by atoms with Crippen molar-refractivity contribution in [1.29, 1.82) is 5.26 Å². The van der Waals surface area contributed by atoms with Crippen molar-refractivity contribution in [3.8, 4) is 6.07 Å². The molecule has 1 aliphatic carbocycles. The first-order valence-corrected chi connectivity index (χ1v) is 6.01. The van der Waals surface area contributed by atoms with Crippen LogP contribution in [0.5, 0.6) is 0 Å². The Morgan fingerprint density at radius 1 is 1.29 bits per heavy atom. The lowest BCUT2D eigenvalue weighted by Crippen LogP contribution is -2.35. The van der Waals surface area contributed by atoms with Crippen LogP contribution in [0.2, 0.25) is 0 Å². The Kier molecular flexibility index (Phi) is 3.78. The van der Waals surface area contributed by atoms with Crippen molar-refractivity contribution in [2.45, 2.75) is 44.0 Å². The van der Waals surface area contributed by atoms with E-state index in [1.165, 1.54) is 0 Å². The molecule has 2 rings (SSSR count). The van der Waals surface area contributed by atoms with Crippen LogP contribution in [0.4, 0.5) is 0 Å². The van der Waals surface area contributed by atoms with Gasteiger partial charge in [0.05, 0.1) is 18.8 Å². The molecular formula is C14H17NO2. The van der Waals surface area contributed by atoms with Gasteiger partial charge in [0.15, 0.2) is 5.60 Å². The Hall–Kier alpha value is -1.37. The SMILES string of the molecule is N#CC1(O)CCC(OCc2ccccc2)CC1. The van der Waals surface area contributed by atoms with E-state index in [0.29, 0.717) is 19.4 Å². The van der Waals surface area contributed by atoms with Gasteiger partial charge >= 0.3 is 0 Å². The summed E-state index contributed by atoms with van der Waals surface area (Å²) in [5, 5.41) is 18.6. The van der Waals surface area contributed by atoms with Crippen LogP contribution in [0.25, 0.3) is 0 Å². The maximum atomic E-state index is 9.77. The summed E-state index contributed by atoms with van der Waals surface area (Å²) in [6, 6.07) is 12.0. The van der Waals surface area contributed by atoms with E-state index < -0.39 is 5.60 Å². The van der Waals surface area contributed by atoms with Crippen molar-refractivity contribution in [3.05, 3.63) is 35.9 Å². The topological polar surface area (TPSA) is 53.2 Å². The Morgan fingerprint density at radius 2 is 1.94 bits per heavy atom. The van der Waals surface area contributed by atoms with Crippen LogP contribution >= 0.6 is 0 Å². The summed E-state index contributed by atoms with van der Waals surface area (Å²) in [5.41, 5.74) is 0.0423. The van der Waals surface area contributed by atoms with Crippen molar-refractivity contribution in [2.24, 2.45) is 0 Å². The van der Waals surface area contributed by atoms with Crippen LogP contribution in [-0.2, 0) is 11.3 Å².